The van der Waals surface area contributed by atoms with Gasteiger partial charge in [0.15, 0.2) is 0 Å². The first kappa shape index (κ1) is 43.4. The molecule has 1 aliphatic carbocycles. The van der Waals surface area contributed by atoms with Gasteiger partial charge in [0.2, 0.25) is 11.8 Å². The summed E-state index contributed by atoms with van der Waals surface area (Å²) in [5.41, 5.74) is 2.35. The zero-order valence-corrected chi connectivity index (χ0v) is 36.7. The molecule has 5 aliphatic rings. The van der Waals surface area contributed by atoms with E-state index < -0.39 is 58.9 Å². The summed E-state index contributed by atoms with van der Waals surface area (Å²) in [4.78, 5) is 51.0. The number of anilines is 3. The van der Waals surface area contributed by atoms with Crippen molar-refractivity contribution in [3.8, 4) is 17.6 Å². The predicted octanol–water partition coefficient (Wildman–Crippen LogP) is 7.24. The Labute approximate surface area is 384 Å². The van der Waals surface area contributed by atoms with Crippen molar-refractivity contribution in [1.29, 1.82) is 0 Å². The first-order chi connectivity index (χ1) is 32.3. The van der Waals surface area contributed by atoms with E-state index in [1.54, 1.807) is 12.1 Å². The number of nitrogens with zero attached hydrogens (tertiary/aromatic N) is 2. The lowest BCUT2D eigenvalue weighted by molar-refractivity contribution is -0.177. The van der Waals surface area contributed by atoms with E-state index in [9.17, 15) is 10.2 Å². The number of ether oxygens (including phenoxy) is 3. The van der Waals surface area contributed by atoms with Crippen LogP contribution in [0, 0.1) is 17.8 Å². The largest absolute Gasteiger partial charge is 0.491 e. The molecule has 0 radical (unpaired) electrons. The second-order valence-corrected chi connectivity index (χ2v) is 18.0. The van der Waals surface area contributed by atoms with Gasteiger partial charge in [-0.2, -0.15) is 0 Å². The Morgan fingerprint density at radius 3 is 2.21 bits per heavy atom. The van der Waals surface area contributed by atoms with Crippen LogP contribution in [0.15, 0.2) is 127 Å². The quantitative estimate of drug-likeness (QED) is 0.0678. The molecule has 12 nitrogen and oxygen atoms in total. The summed E-state index contributed by atoms with van der Waals surface area (Å²) in [6.07, 6.45) is 4.17. The summed E-state index contributed by atoms with van der Waals surface area (Å²) in [5, 5.41) is 27.7. The van der Waals surface area contributed by atoms with Crippen LogP contribution in [0.4, 0.5) is 17.1 Å². The van der Waals surface area contributed by atoms with Crippen LogP contribution in [-0.2, 0) is 29.3 Å². The highest BCUT2D eigenvalue weighted by atomic mass is 16.6. The van der Waals surface area contributed by atoms with Crippen LogP contribution in [0.5, 0.6) is 5.75 Å². The molecule has 338 valence electrons. The Kier molecular flexibility index (Phi) is 12.1. The number of carbonyl (C=O) groups excluding carboxylic acids is 3. The number of rotatable bonds is 9. The normalized spacial score (nSPS) is 25.7. The molecular weight excluding hydrogens is 833 g/mol. The molecule has 4 aliphatic heterocycles. The SMILES string of the molecule is O=C1O[C@@H](c2ccccc2)[C@@H](c2ccccc2)N2[C@@H](c3cccc(OCCO)c3)[C@]3(C(=O)Nc4ccc(C#CC5(O)CCCCCC5)cc43)[C@@H](C(=O)Nc3ccc(N4CCOCC4)cc3)[C@H]12. The fourth-order valence-corrected chi connectivity index (χ4v) is 11.0. The highest BCUT2D eigenvalue weighted by Gasteiger charge is 2.74. The first-order valence-electron chi connectivity index (χ1n) is 23.1. The molecule has 3 saturated heterocycles. The van der Waals surface area contributed by atoms with Crippen molar-refractivity contribution in [3.05, 3.63) is 155 Å². The van der Waals surface area contributed by atoms with Gasteiger partial charge in [-0.05, 0) is 103 Å². The summed E-state index contributed by atoms with van der Waals surface area (Å²) >= 11 is 0. The summed E-state index contributed by atoms with van der Waals surface area (Å²) in [7, 11) is 0. The molecule has 0 aromatic heterocycles. The standard InChI is InChI=1S/C54H54N4O8/c59-30-33-65-42-17-11-16-39(35-42)49-54(43-34-36(18-23-44(43)56-52(54)62)24-27-53(63)25-9-1-2-10-26-53)45(50(60)55-40-19-21-41(22-20-40)57-28-31-64-32-29-57)47-51(61)66-48(38-14-7-4-8-15-38)46(58(47)49)37-12-5-3-6-13-37/h3-8,11-23,34-35,45-49,59,63H,1-2,9-10,25-26,28-33H2,(H,55,60)(H,56,62)/t45-,46-,47-,48+,49+,54-/m1/s1. The van der Waals surface area contributed by atoms with Crippen molar-refractivity contribution < 1.29 is 38.8 Å². The molecule has 5 aromatic rings. The number of cyclic esters (lactones) is 1. The number of hydrogen-bond acceptors (Lipinski definition) is 10. The molecule has 10 rings (SSSR count). The number of morpholine rings is 2. The molecule has 4 heterocycles. The molecule has 1 saturated carbocycles. The van der Waals surface area contributed by atoms with E-state index in [1.807, 2.05) is 120 Å². The summed E-state index contributed by atoms with van der Waals surface area (Å²) < 4.78 is 18.2. The second-order valence-electron chi connectivity index (χ2n) is 18.0. The molecule has 0 bridgehead atoms. The Hall–Kier alpha value is -6.49. The van der Waals surface area contributed by atoms with Crippen LogP contribution in [0.25, 0.3) is 0 Å². The van der Waals surface area contributed by atoms with Crippen LogP contribution in [0.3, 0.4) is 0 Å². The van der Waals surface area contributed by atoms with Crippen molar-refractivity contribution in [2.75, 3.05) is 55.1 Å². The van der Waals surface area contributed by atoms with Gasteiger partial charge in [0, 0.05) is 35.7 Å². The van der Waals surface area contributed by atoms with Crippen LogP contribution < -0.4 is 20.3 Å². The maximum absolute atomic E-state index is 15.7. The molecule has 0 unspecified atom stereocenters. The minimum absolute atomic E-state index is 0.0354. The number of amides is 2. The smallest absolute Gasteiger partial charge is 0.324 e. The Balaban J connectivity index is 1.19. The van der Waals surface area contributed by atoms with Crippen LogP contribution in [-0.4, -0.2) is 84.1 Å². The molecule has 4 fully saturated rings. The molecular formula is C54H54N4O8. The van der Waals surface area contributed by atoms with Crippen molar-refractivity contribution in [3.63, 3.8) is 0 Å². The number of aliphatic hydroxyl groups excluding tert-OH is 1. The topological polar surface area (TPSA) is 150 Å². The molecule has 1 spiro atoms. The van der Waals surface area contributed by atoms with Gasteiger partial charge in [0.25, 0.3) is 0 Å². The van der Waals surface area contributed by atoms with Gasteiger partial charge in [-0.3, -0.25) is 19.3 Å². The van der Waals surface area contributed by atoms with E-state index in [0.29, 0.717) is 59.9 Å². The van der Waals surface area contributed by atoms with Gasteiger partial charge < -0.3 is 40.0 Å². The van der Waals surface area contributed by atoms with Crippen molar-refractivity contribution in [2.24, 2.45) is 5.92 Å². The molecule has 5 aromatic carbocycles. The summed E-state index contributed by atoms with van der Waals surface area (Å²) in [5.74, 6) is 3.94. The van der Waals surface area contributed by atoms with E-state index in [-0.39, 0.29) is 13.2 Å². The number of aliphatic hydroxyl groups is 2. The lowest BCUT2D eigenvalue weighted by atomic mass is 9.65. The molecule has 2 amide bonds. The molecule has 6 atom stereocenters. The molecule has 12 heteroatoms. The van der Waals surface area contributed by atoms with E-state index in [0.717, 1.165) is 55.6 Å². The van der Waals surface area contributed by atoms with E-state index in [4.69, 9.17) is 14.2 Å². The monoisotopic (exact) mass is 886 g/mol. The maximum atomic E-state index is 15.7. The average Bonchev–Trinajstić information content (AvgIpc) is 3.72. The maximum Gasteiger partial charge on any atom is 0.324 e. The predicted molar refractivity (Wildman–Crippen MR) is 250 cm³/mol. The van der Waals surface area contributed by atoms with Crippen LogP contribution >= 0.6 is 0 Å². The van der Waals surface area contributed by atoms with Crippen molar-refractivity contribution in [2.45, 2.75) is 73.8 Å². The zero-order valence-electron chi connectivity index (χ0n) is 36.7. The second kappa shape index (κ2) is 18.4. The van der Waals surface area contributed by atoms with Gasteiger partial charge in [-0.1, -0.05) is 97.5 Å². The minimum atomic E-state index is -1.76. The lowest BCUT2D eigenvalue weighted by Gasteiger charge is -2.46. The van der Waals surface area contributed by atoms with E-state index in [2.05, 4.69) is 27.4 Å². The third kappa shape index (κ3) is 8.00. The number of fused-ring (bicyclic) bond motifs is 3. The number of benzene rings is 5. The summed E-state index contributed by atoms with van der Waals surface area (Å²) in [6.45, 7) is 2.57. The highest BCUT2D eigenvalue weighted by molar-refractivity contribution is 6.13. The van der Waals surface area contributed by atoms with E-state index in [1.165, 1.54) is 0 Å². The van der Waals surface area contributed by atoms with Gasteiger partial charge in [0.1, 0.15) is 35.5 Å². The Morgan fingerprint density at radius 1 is 0.803 bits per heavy atom. The molecule has 4 N–H and O–H groups in total. The van der Waals surface area contributed by atoms with E-state index >= 15 is 14.4 Å². The number of hydrogen-bond donors (Lipinski definition) is 4. The highest BCUT2D eigenvalue weighted by Crippen LogP contribution is 2.65. The van der Waals surface area contributed by atoms with Gasteiger partial charge in [0.05, 0.1) is 37.8 Å². The Morgan fingerprint density at radius 2 is 1.50 bits per heavy atom. The number of nitrogens with one attached hydrogen (secondary N) is 2. The fourth-order valence-electron chi connectivity index (χ4n) is 11.0. The number of esters is 1. The van der Waals surface area contributed by atoms with Crippen molar-refractivity contribution >= 4 is 34.8 Å². The third-order valence-electron chi connectivity index (χ3n) is 14.0. The summed E-state index contributed by atoms with van der Waals surface area (Å²) in [6, 6.07) is 36.8. The third-order valence-corrected chi connectivity index (χ3v) is 14.0. The molecule has 66 heavy (non-hydrogen) atoms. The van der Waals surface area contributed by atoms with Gasteiger partial charge in [-0.15, -0.1) is 0 Å². The van der Waals surface area contributed by atoms with Gasteiger partial charge >= 0.3 is 5.97 Å². The number of carbonyl (C=O) groups is 3. The van der Waals surface area contributed by atoms with Gasteiger partial charge in [-0.25, -0.2) is 0 Å². The fraction of sp³-hybridized carbons (Fsp3) is 0.352. The van der Waals surface area contributed by atoms with Crippen LogP contribution in [0.1, 0.15) is 84.5 Å². The van der Waals surface area contributed by atoms with Crippen molar-refractivity contribution in [1.82, 2.24) is 4.90 Å². The van der Waals surface area contributed by atoms with Crippen LogP contribution in [0.2, 0.25) is 0 Å². The Bertz CT molecular complexity index is 2640. The lowest BCUT2D eigenvalue weighted by Crippen LogP contribution is -2.53. The average molecular weight is 887 g/mol. The first-order valence-corrected chi connectivity index (χ1v) is 23.1. The zero-order chi connectivity index (χ0) is 45.3. The minimum Gasteiger partial charge on any atom is -0.491 e.